The van der Waals surface area contributed by atoms with Gasteiger partial charge in [0.2, 0.25) is 5.91 Å². The fourth-order valence-corrected chi connectivity index (χ4v) is 3.62. The summed E-state index contributed by atoms with van der Waals surface area (Å²) in [5.41, 5.74) is -2.96. The maximum absolute atomic E-state index is 12.9. The third kappa shape index (κ3) is 5.72. The van der Waals surface area contributed by atoms with Crippen LogP contribution in [0.4, 0.5) is 32.0 Å². The van der Waals surface area contributed by atoms with Gasteiger partial charge in [-0.2, -0.15) is 26.3 Å². The van der Waals surface area contributed by atoms with Gasteiger partial charge in [-0.3, -0.25) is 4.79 Å². The van der Waals surface area contributed by atoms with E-state index in [-0.39, 0.29) is 11.8 Å². The van der Waals surface area contributed by atoms with Crippen molar-refractivity contribution in [1.82, 2.24) is 10.2 Å². The molecule has 2 aromatic heterocycles. The minimum absolute atomic E-state index is 0.00482. The van der Waals surface area contributed by atoms with Crippen molar-refractivity contribution in [3.63, 3.8) is 0 Å². The fraction of sp³-hybridized carbons (Fsp3) is 0.167. The van der Waals surface area contributed by atoms with Crippen LogP contribution in [-0.4, -0.2) is 21.9 Å². The Kier molecular flexibility index (Phi) is 6.36. The summed E-state index contributed by atoms with van der Waals surface area (Å²) in [4.78, 5) is 12.9. The van der Waals surface area contributed by atoms with Crippen LogP contribution in [0.3, 0.4) is 0 Å². The largest absolute Gasteiger partial charge is 0.416 e. The molecular weight excluding hydrogens is 452 g/mol. The molecule has 0 saturated carbocycles. The molecule has 1 amide bonds. The van der Waals surface area contributed by atoms with Crippen LogP contribution in [0.15, 0.2) is 52.9 Å². The van der Waals surface area contributed by atoms with Gasteiger partial charge in [0.25, 0.3) is 0 Å². The topological polar surface area (TPSA) is 54.9 Å². The molecule has 0 fully saturated rings. The summed E-state index contributed by atoms with van der Waals surface area (Å²) in [5, 5.41) is 12.3. The van der Waals surface area contributed by atoms with Gasteiger partial charge in [0.1, 0.15) is 10.7 Å². The molecule has 0 aliphatic heterocycles. The molecule has 0 bridgehead atoms. The second-order valence-electron chi connectivity index (χ2n) is 5.87. The van der Waals surface area contributed by atoms with Crippen molar-refractivity contribution in [1.29, 1.82) is 0 Å². The van der Waals surface area contributed by atoms with Gasteiger partial charge in [0.05, 0.1) is 21.8 Å². The van der Waals surface area contributed by atoms with Crippen LogP contribution in [0.5, 0.6) is 0 Å². The van der Waals surface area contributed by atoms with E-state index in [0.717, 1.165) is 16.6 Å². The van der Waals surface area contributed by atoms with Gasteiger partial charge in [-0.1, -0.05) is 17.8 Å². The van der Waals surface area contributed by atoms with Crippen molar-refractivity contribution in [3.8, 4) is 10.6 Å². The molecule has 1 N–H and O–H groups in total. The van der Waals surface area contributed by atoms with Crippen LogP contribution in [0, 0.1) is 0 Å². The number of rotatable bonds is 5. The Morgan fingerprint density at radius 2 is 1.63 bits per heavy atom. The van der Waals surface area contributed by atoms with Crippen molar-refractivity contribution in [3.05, 3.63) is 59.0 Å². The lowest BCUT2D eigenvalue weighted by molar-refractivity contribution is -0.143. The van der Waals surface area contributed by atoms with E-state index in [1.165, 1.54) is 11.3 Å². The van der Waals surface area contributed by atoms with Crippen LogP contribution >= 0.6 is 23.1 Å². The van der Waals surface area contributed by atoms with E-state index in [9.17, 15) is 31.1 Å². The number of thioether (sulfide) groups is 1. The van der Waals surface area contributed by atoms with Crippen molar-refractivity contribution < 1.29 is 31.1 Å². The summed E-state index contributed by atoms with van der Waals surface area (Å²) >= 11 is 2.42. The van der Waals surface area contributed by atoms with Crippen molar-refractivity contribution in [2.45, 2.75) is 17.4 Å². The number of hydrogen-bond donors (Lipinski definition) is 1. The third-order valence-corrected chi connectivity index (χ3v) is 5.45. The fourth-order valence-electron chi connectivity index (χ4n) is 2.32. The Labute approximate surface area is 174 Å². The second kappa shape index (κ2) is 8.64. The van der Waals surface area contributed by atoms with Crippen LogP contribution in [-0.2, 0) is 17.1 Å². The van der Waals surface area contributed by atoms with Crippen LogP contribution < -0.4 is 5.32 Å². The van der Waals surface area contributed by atoms with Crippen LogP contribution in [0.25, 0.3) is 10.6 Å². The predicted octanol–water partition coefficient (Wildman–Crippen LogP) is 5.97. The van der Waals surface area contributed by atoms with Gasteiger partial charge in [0.15, 0.2) is 0 Å². The third-order valence-electron chi connectivity index (χ3n) is 3.64. The lowest BCUT2D eigenvalue weighted by Gasteiger charge is -2.14. The number of aromatic nitrogens is 2. The zero-order valence-electron chi connectivity index (χ0n) is 14.7. The maximum atomic E-state index is 12.9. The molecule has 0 saturated heterocycles. The summed E-state index contributed by atoms with van der Waals surface area (Å²) in [5.74, 6) is -1.05. The Hall–Kier alpha value is -2.60. The Bertz CT molecular complexity index is 986. The molecule has 3 aromatic rings. The minimum Gasteiger partial charge on any atom is -0.325 e. The number of alkyl halides is 6. The number of hydrogen-bond acceptors (Lipinski definition) is 5. The number of carbonyl (C=O) groups excluding carboxylic acids is 1. The zero-order valence-corrected chi connectivity index (χ0v) is 16.3. The molecule has 12 heteroatoms. The Morgan fingerprint density at radius 3 is 2.13 bits per heavy atom. The number of nitrogens with zero attached hydrogens (tertiary/aromatic N) is 2. The minimum atomic E-state index is -4.99. The molecule has 0 unspecified atom stereocenters. The summed E-state index contributed by atoms with van der Waals surface area (Å²) in [6.45, 7) is 0. The molecular formula is C18H11F6N3OS2. The van der Waals surface area contributed by atoms with Gasteiger partial charge < -0.3 is 5.32 Å². The average molecular weight is 463 g/mol. The van der Waals surface area contributed by atoms with Gasteiger partial charge in [-0.05, 0) is 41.8 Å². The van der Waals surface area contributed by atoms with Crippen molar-refractivity contribution >= 4 is 34.7 Å². The highest BCUT2D eigenvalue weighted by Crippen LogP contribution is 2.37. The summed E-state index contributed by atoms with van der Waals surface area (Å²) in [6, 6.07) is 7.93. The Balaban J connectivity index is 1.67. The number of thiophene rings is 1. The molecule has 0 aliphatic carbocycles. The quantitative estimate of drug-likeness (QED) is 0.374. The highest BCUT2D eigenvalue weighted by Gasteiger charge is 2.37. The normalized spacial score (nSPS) is 12.1. The molecule has 0 aliphatic rings. The van der Waals surface area contributed by atoms with E-state index in [0.29, 0.717) is 22.9 Å². The number of nitrogens with one attached hydrogen (secondary N) is 1. The highest BCUT2D eigenvalue weighted by molar-refractivity contribution is 7.99. The number of anilines is 1. The smallest absolute Gasteiger partial charge is 0.325 e. The maximum Gasteiger partial charge on any atom is 0.416 e. The van der Waals surface area contributed by atoms with E-state index in [4.69, 9.17) is 0 Å². The number of amides is 1. The van der Waals surface area contributed by atoms with E-state index < -0.39 is 35.1 Å². The van der Waals surface area contributed by atoms with E-state index in [2.05, 4.69) is 15.5 Å². The average Bonchev–Trinajstić information content (AvgIpc) is 3.20. The van der Waals surface area contributed by atoms with E-state index >= 15 is 0 Å². The SMILES string of the molecule is O=C(CSc1ccc(-c2cccs2)nn1)Nc1cc(C(F)(F)F)cc(C(F)(F)F)c1. The zero-order chi connectivity index (χ0) is 21.9. The first-order chi connectivity index (χ1) is 14.0. The van der Waals surface area contributed by atoms with Gasteiger partial charge in [-0.15, -0.1) is 21.5 Å². The van der Waals surface area contributed by atoms with Crippen LogP contribution in [0.2, 0.25) is 0 Å². The molecule has 158 valence electrons. The lowest BCUT2D eigenvalue weighted by Crippen LogP contribution is -2.17. The molecule has 0 atom stereocenters. The summed E-state index contributed by atoms with van der Waals surface area (Å²) in [7, 11) is 0. The molecule has 2 heterocycles. The molecule has 0 spiro atoms. The number of carbonyl (C=O) groups is 1. The predicted molar refractivity (Wildman–Crippen MR) is 101 cm³/mol. The van der Waals surface area contributed by atoms with Crippen molar-refractivity contribution in [2.24, 2.45) is 0 Å². The monoisotopic (exact) mass is 463 g/mol. The second-order valence-corrected chi connectivity index (χ2v) is 7.81. The Morgan fingerprint density at radius 1 is 0.967 bits per heavy atom. The molecule has 1 aromatic carbocycles. The molecule has 3 rings (SSSR count). The van der Waals surface area contributed by atoms with E-state index in [1.807, 2.05) is 17.5 Å². The van der Waals surface area contributed by atoms with E-state index in [1.54, 1.807) is 12.1 Å². The van der Waals surface area contributed by atoms with Crippen LogP contribution in [0.1, 0.15) is 11.1 Å². The molecule has 0 radical (unpaired) electrons. The van der Waals surface area contributed by atoms with Crippen molar-refractivity contribution in [2.75, 3.05) is 11.1 Å². The lowest BCUT2D eigenvalue weighted by atomic mass is 10.1. The summed E-state index contributed by atoms with van der Waals surface area (Å²) < 4.78 is 77.3. The summed E-state index contributed by atoms with van der Waals surface area (Å²) in [6.07, 6.45) is -9.98. The standard InChI is InChI=1S/C18H11F6N3OS2/c19-17(20,21)10-6-11(18(22,23)24)8-12(7-10)25-15(28)9-30-16-4-3-13(26-27-16)14-2-1-5-29-14/h1-8H,9H2,(H,25,28). The molecule has 4 nitrogen and oxygen atoms in total. The van der Waals surface area contributed by atoms with Gasteiger partial charge in [-0.25, -0.2) is 0 Å². The molecule has 30 heavy (non-hydrogen) atoms. The first kappa shape index (κ1) is 22.1. The number of benzene rings is 1. The van der Waals surface area contributed by atoms with Gasteiger partial charge >= 0.3 is 12.4 Å². The first-order valence-electron chi connectivity index (χ1n) is 8.12. The number of halogens is 6. The van der Waals surface area contributed by atoms with Gasteiger partial charge in [0, 0.05) is 5.69 Å². The highest BCUT2D eigenvalue weighted by atomic mass is 32.2. The first-order valence-corrected chi connectivity index (χ1v) is 9.98.